The minimum absolute atomic E-state index is 0.0651. The minimum atomic E-state index is -0.741. The van der Waals surface area contributed by atoms with E-state index in [2.05, 4.69) is 30.6 Å². The highest BCUT2D eigenvalue weighted by Gasteiger charge is 2.17. The molecule has 204 valence electrons. The number of amides is 1. The van der Waals surface area contributed by atoms with Gasteiger partial charge >= 0.3 is 0 Å². The number of anilines is 1. The first-order valence-corrected chi connectivity index (χ1v) is 12.4. The zero-order valence-corrected chi connectivity index (χ0v) is 21.9. The first-order valence-electron chi connectivity index (χ1n) is 12.4. The molecule has 0 bridgehead atoms. The number of para-hydroxylation sites is 1. The van der Waals surface area contributed by atoms with Gasteiger partial charge in [0.1, 0.15) is 23.3 Å². The maximum absolute atomic E-state index is 15.1. The van der Waals surface area contributed by atoms with Crippen molar-refractivity contribution in [3.8, 4) is 34.5 Å². The van der Waals surface area contributed by atoms with Gasteiger partial charge in [0, 0.05) is 12.7 Å². The number of ether oxygens (including phenoxy) is 2. The number of halogens is 1. The van der Waals surface area contributed by atoms with Crippen LogP contribution in [0.4, 0.5) is 10.3 Å². The van der Waals surface area contributed by atoms with Crippen LogP contribution in [0, 0.1) is 17.1 Å². The Kier molecular flexibility index (Phi) is 8.27. The normalized spacial score (nSPS) is 10.7. The number of carbonyl (C=O) groups is 1. The van der Waals surface area contributed by atoms with E-state index in [0.29, 0.717) is 24.6 Å². The lowest BCUT2D eigenvalue weighted by Gasteiger charge is -2.10. The maximum atomic E-state index is 15.1. The van der Waals surface area contributed by atoms with Crippen LogP contribution < -0.4 is 10.1 Å². The number of methoxy groups -OCH3 is 1. The van der Waals surface area contributed by atoms with E-state index in [1.165, 1.54) is 18.2 Å². The van der Waals surface area contributed by atoms with E-state index in [4.69, 9.17) is 9.47 Å². The molecule has 0 fully saturated rings. The summed E-state index contributed by atoms with van der Waals surface area (Å²) >= 11 is 0. The van der Waals surface area contributed by atoms with Crippen LogP contribution in [0.2, 0.25) is 0 Å². The average molecular weight is 551 g/mol. The van der Waals surface area contributed by atoms with Gasteiger partial charge in [-0.2, -0.15) is 5.26 Å². The SMILES string of the molecule is COCc1cccc(Cn2cc(-c3cc(-c4cccc(C#N)c4F)nc(NC(=O)COc4ccccc4)n3)nn2)n1. The van der Waals surface area contributed by atoms with Gasteiger partial charge in [-0.05, 0) is 42.5 Å². The van der Waals surface area contributed by atoms with Crippen molar-refractivity contribution in [3.05, 3.63) is 102 Å². The molecule has 3 aromatic heterocycles. The molecule has 0 saturated carbocycles. The fraction of sp³-hybridized carbons (Fsp3) is 0.138. The number of rotatable bonds is 10. The zero-order chi connectivity index (χ0) is 28.6. The summed E-state index contributed by atoms with van der Waals surface area (Å²) in [4.78, 5) is 25.9. The molecule has 3 heterocycles. The standard InChI is InChI=1S/C29H23FN8O3/c1-40-17-21-9-6-8-20(32-21)15-38-16-26(36-37-38)25-13-24(23-12-5-7-19(14-31)28(23)30)33-29(34-25)35-27(39)18-41-22-10-3-2-4-11-22/h2-13,16H,15,17-18H2,1H3,(H,33,34,35,39). The minimum Gasteiger partial charge on any atom is -0.484 e. The van der Waals surface area contributed by atoms with Crippen LogP contribution >= 0.6 is 0 Å². The zero-order valence-electron chi connectivity index (χ0n) is 21.9. The summed E-state index contributed by atoms with van der Waals surface area (Å²) in [7, 11) is 1.60. The quantitative estimate of drug-likeness (QED) is 0.273. The molecule has 0 aliphatic carbocycles. The van der Waals surface area contributed by atoms with Gasteiger partial charge < -0.3 is 9.47 Å². The highest BCUT2D eigenvalue weighted by atomic mass is 19.1. The molecule has 1 N–H and O–H groups in total. The molecule has 12 heteroatoms. The third kappa shape index (κ3) is 6.73. The Morgan fingerprint density at radius 3 is 2.56 bits per heavy atom. The summed E-state index contributed by atoms with van der Waals surface area (Å²) in [6.07, 6.45) is 1.66. The summed E-state index contributed by atoms with van der Waals surface area (Å²) in [5.74, 6) is -0.833. The molecule has 1 amide bonds. The number of carbonyl (C=O) groups excluding carboxylic acids is 1. The summed E-state index contributed by atoms with van der Waals surface area (Å²) < 4.78 is 27.3. The van der Waals surface area contributed by atoms with Gasteiger partial charge in [0.05, 0.1) is 47.7 Å². The van der Waals surface area contributed by atoms with Crippen LogP contribution in [-0.4, -0.2) is 49.6 Å². The largest absolute Gasteiger partial charge is 0.484 e. The number of nitrogens with one attached hydrogen (secondary N) is 1. The maximum Gasteiger partial charge on any atom is 0.264 e. The molecule has 0 saturated heterocycles. The van der Waals surface area contributed by atoms with Crippen LogP contribution in [0.5, 0.6) is 5.75 Å². The number of nitrogens with zero attached hydrogens (tertiary/aromatic N) is 7. The second-order valence-corrected chi connectivity index (χ2v) is 8.75. The Balaban J connectivity index is 1.44. The monoisotopic (exact) mass is 550 g/mol. The lowest BCUT2D eigenvalue weighted by atomic mass is 10.1. The van der Waals surface area contributed by atoms with Crippen LogP contribution in [0.3, 0.4) is 0 Å². The molecule has 0 atom stereocenters. The molecule has 0 aliphatic heterocycles. The van der Waals surface area contributed by atoms with Crippen LogP contribution in [0.1, 0.15) is 17.0 Å². The van der Waals surface area contributed by atoms with Crippen LogP contribution in [-0.2, 0) is 22.7 Å². The Hall–Kier alpha value is -5.54. The first-order chi connectivity index (χ1) is 20.0. The number of hydrogen-bond donors (Lipinski definition) is 1. The molecule has 5 aromatic rings. The highest BCUT2D eigenvalue weighted by Crippen LogP contribution is 2.27. The lowest BCUT2D eigenvalue weighted by Crippen LogP contribution is -2.21. The van der Waals surface area contributed by atoms with E-state index < -0.39 is 11.7 Å². The van der Waals surface area contributed by atoms with Crippen molar-refractivity contribution in [2.24, 2.45) is 0 Å². The summed E-state index contributed by atoms with van der Waals surface area (Å²) in [6.45, 7) is 0.424. The van der Waals surface area contributed by atoms with E-state index in [-0.39, 0.29) is 35.1 Å². The molecule has 0 aliphatic rings. The van der Waals surface area contributed by atoms with E-state index in [0.717, 1.165) is 11.4 Å². The van der Waals surface area contributed by atoms with Crippen molar-refractivity contribution in [3.63, 3.8) is 0 Å². The number of aromatic nitrogens is 6. The second kappa shape index (κ2) is 12.5. The third-order valence-corrected chi connectivity index (χ3v) is 5.77. The Bertz CT molecular complexity index is 1720. The fourth-order valence-corrected chi connectivity index (χ4v) is 3.92. The Morgan fingerprint density at radius 2 is 1.76 bits per heavy atom. The van der Waals surface area contributed by atoms with Crippen molar-refractivity contribution in [1.29, 1.82) is 5.26 Å². The van der Waals surface area contributed by atoms with Gasteiger partial charge in [-0.15, -0.1) is 5.10 Å². The molecular weight excluding hydrogens is 527 g/mol. The van der Waals surface area contributed by atoms with E-state index in [9.17, 15) is 10.1 Å². The fourth-order valence-electron chi connectivity index (χ4n) is 3.92. The number of benzene rings is 2. The van der Waals surface area contributed by atoms with Crippen molar-refractivity contribution in [1.82, 2.24) is 29.9 Å². The average Bonchev–Trinajstić information content (AvgIpc) is 3.45. The second-order valence-electron chi connectivity index (χ2n) is 8.75. The molecule has 5 rings (SSSR count). The summed E-state index contributed by atoms with van der Waals surface area (Å²) in [5.41, 5.74) is 2.24. The predicted molar refractivity (Wildman–Crippen MR) is 146 cm³/mol. The lowest BCUT2D eigenvalue weighted by molar-refractivity contribution is -0.118. The van der Waals surface area contributed by atoms with E-state index in [1.54, 1.807) is 48.3 Å². The molecule has 41 heavy (non-hydrogen) atoms. The van der Waals surface area contributed by atoms with Gasteiger partial charge in [-0.25, -0.2) is 19.0 Å². The third-order valence-electron chi connectivity index (χ3n) is 5.77. The number of pyridine rings is 1. The first kappa shape index (κ1) is 27.0. The van der Waals surface area contributed by atoms with E-state index in [1.807, 2.05) is 30.3 Å². The highest BCUT2D eigenvalue weighted by molar-refractivity contribution is 5.90. The topological polar surface area (TPSA) is 141 Å². The van der Waals surface area contributed by atoms with Crippen LogP contribution in [0.15, 0.2) is 79.0 Å². The van der Waals surface area contributed by atoms with Gasteiger partial charge in [-0.3, -0.25) is 15.1 Å². The van der Waals surface area contributed by atoms with Gasteiger partial charge in [-0.1, -0.05) is 35.5 Å². The van der Waals surface area contributed by atoms with Crippen molar-refractivity contribution >= 4 is 11.9 Å². The van der Waals surface area contributed by atoms with Crippen LogP contribution in [0.25, 0.3) is 22.6 Å². The van der Waals surface area contributed by atoms with Gasteiger partial charge in [0.15, 0.2) is 6.61 Å². The van der Waals surface area contributed by atoms with E-state index >= 15 is 4.39 Å². The Morgan fingerprint density at radius 1 is 0.976 bits per heavy atom. The van der Waals surface area contributed by atoms with Crippen molar-refractivity contribution < 1.29 is 18.7 Å². The van der Waals surface area contributed by atoms with Gasteiger partial charge in [0.2, 0.25) is 5.95 Å². The molecular formula is C29H23FN8O3. The Labute approximate surface area is 234 Å². The molecule has 0 unspecified atom stereocenters. The molecule has 0 spiro atoms. The number of hydrogen-bond acceptors (Lipinski definition) is 9. The van der Waals surface area contributed by atoms with Crippen molar-refractivity contribution in [2.75, 3.05) is 19.0 Å². The summed E-state index contributed by atoms with van der Waals surface area (Å²) in [5, 5.41) is 20.3. The summed E-state index contributed by atoms with van der Waals surface area (Å²) in [6, 6.07) is 22.2. The smallest absolute Gasteiger partial charge is 0.264 e. The predicted octanol–water partition coefficient (Wildman–Crippen LogP) is 4.02. The molecule has 0 radical (unpaired) electrons. The molecule has 11 nitrogen and oxygen atoms in total. The number of nitriles is 1. The molecule has 2 aromatic carbocycles. The van der Waals surface area contributed by atoms with Crippen molar-refractivity contribution in [2.45, 2.75) is 13.2 Å². The van der Waals surface area contributed by atoms with Gasteiger partial charge in [0.25, 0.3) is 5.91 Å².